The zero-order chi connectivity index (χ0) is 59.1. The fourth-order valence-corrected chi connectivity index (χ4v) is 11.1. The van der Waals surface area contributed by atoms with Crippen molar-refractivity contribution in [1.82, 2.24) is 5.32 Å². The highest BCUT2D eigenvalue weighted by Gasteiger charge is 2.24. The lowest BCUT2D eigenvalue weighted by atomic mass is 10.0. The number of phosphoric acid groups is 1. The number of carbonyl (C=O) groups is 1. The van der Waals surface area contributed by atoms with Crippen molar-refractivity contribution in [2.24, 2.45) is 0 Å². The van der Waals surface area contributed by atoms with E-state index in [1.54, 1.807) is 0 Å². The highest BCUT2D eigenvalue weighted by molar-refractivity contribution is 7.45. The van der Waals surface area contributed by atoms with Crippen molar-refractivity contribution in [3.63, 3.8) is 0 Å². The fraction of sp³-hybridized carbons (Fsp3) is 0.819. The van der Waals surface area contributed by atoms with Crippen LogP contribution in [0.25, 0.3) is 0 Å². The van der Waals surface area contributed by atoms with Gasteiger partial charge in [-0.25, -0.2) is 0 Å². The van der Waals surface area contributed by atoms with Gasteiger partial charge in [-0.15, -0.1) is 0 Å². The maximum Gasteiger partial charge on any atom is 0.268 e. The van der Waals surface area contributed by atoms with Gasteiger partial charge >= 0.3 is 0 Å². The highest BCUT2D eigenvalue weighted by Crippen LogP contribution is 2.38. The Balaban J connectivity index is 4.06. The van der Waals surface area contributed by atoms with Gasteiger partial charge in [0, 0.05) is 6.42 Å². The van der Waals surface area contributed by atoms with E-state index in [1.807, 2.05) is 21.1 Å². The number of carbonyl (C=O) groups excluding carboxylic acids is 1. The number of quaternary nitrogens is 1. The van der Waals surface area contributed by atoms with Crippen LogP contribution in [-0.2, 0) is 18.4 Å². The zero-order valence-electron chi connectivity index (χ0n) is 54.2. The van der Waals surface area contributed by atoms with Crippen LogP contribution in [0.1, 0.15) is 328 Å². The van der Waals surface area contributed by atoms with Crippen LogP contribution in [0, 0.1) is 0 Å². The van der Waals surface area contributed by atoms with E-state index in [-0.39, 0.29) is 19.1 Å². The molecule has 1 amide bonds. The average Bonchev–Trinajstić information content (AvgIpc) is 3.43. The van der Waals surface area contributed by atoms with Gasteiger partial charge < -0.3 is 28.8 Å². The van der Waals surface area contributed by atoms with Gasteiger partial charge in [0.1, 0.15) is 13.2 Å². The molecule has 3 atom stereocenters. The number of nitrogens with one attached hydrogen (secondary N) is 1. The predicted octanol–water partition coefficient (Wildman–Crippen LogP) is 21.5. The molecule has 2 N–H and O–H groups in total. The van der Waals surface area contributed by atoms with Crippen LogP contribution in [-0.4, -0.2) is 68.5 Å². The lowest BCUT2D eigenvalue weighted by Crippen LogP contribution is -2.46. The molecule has 81 heavy (non-hydrogen) atoms. The van der Waals surface area contributed by atoms with Crippen molar-refractivity contribution in [2.75, 3.05) is 40.9 Å². The summed E-state index contributed by atoms with van der Waals surface area (Å²) >= 11 is 0. The molecule has 0 aliphatic carbocycles. The molecular weight excluding hydrogens is 1020 g/mol. The molecular formula is C72H135N2O6P. The molecule has 0 rings (SSSR count). The summed E-state index contributed by atoms with van der Waals surface area (Å²) in [5, 5.41) is 14.1. The number of likely N-dealkylation sites (N-methyl/N-ethyl adjacent to an activating group) is 1. The first-order valence-electron chi connectivity index (χ1n) is 34.8. The number of amides is 1. The topological polar surface area (TPSA) is 108 Å². The minimum Gasteiger partial charge on any atom is -0.756 e. The first-order chi connectivity index (χ1) is 39.5. The Morgan fingerprint density at radius 3 is 1.10 bits per heavy atom. The van der Waals surface area contributed by atoms with Crippen molar-refractivity contribution < 1.29 is 32.9 Å². The summed E-state index contributed by atoms with van der Waals surface area (Å²) in [7, 11) is 1.31. The Bertz CT molecular complexity index is 1550. The van der Waals surface area contributed by atoms with E-state index in [1.165, 1.54) is 225 Å². The fourth-order valence-electron chi connectivity index (χ4n) is 10.3. The monoisotopic (exact) mass is 1160 g/mol. The van der Waals surface area contributed by atoms with Gasteiger partial charge in [0.25, 0.3) is 7.82 Å². The highest BCUT2D eigenvalue weighted by atomic mass is 31.2. The summed E-state index contributed by atoms with van der Waals surface area (Å²) in [6.45, 7) is 4.65. The maximum atomic E-state index is 13.1. The third kappa shape index (κ3) is 65.3. The number of rotatable bonds is 64. The second-order valence-corrected chi connectivity index (χ2v) is 26.3. The molecule has 0 aromatic carbocycles. The molecule has 0 spiro atoms. The third-order valence-corrected chi connectivity index (χ3v) is 16.7. The predicted molar refractivity (Wildman–Crippen MR) is 353 cm³/mol. The summed E-state index contributed by atoms with van der Waals surface area (Å²) in [4.78, 5) is 25.7. The van der Waals surface area contributed by atoms with Gasteiger partial charge in [-0.1, -0.05) is 331 Å². The quantitative estimate of drug-likeness (QED) is 0.0272. The number of aliphatic hydroxyl groups is 1. The number of phosphoric ester groups is 1. The van der Waals surface area contributed by atoms with Crippen molar-refractivity contribution in [2.45, 2.75) is 341 Å². The second kappa shape index (κ2) is 62.5. The van der Waals surface area contributed by atoms with Gasteiger partial charge in [0.05, 0.1) is 39.9 Å². The number of unbranched alkanes of at least 4 members (excludes halogenated alkanes) is 39. The molecule has 0 aromatic heterocycles. The minimum atomic E-state index is -4.58. The minimum absolute atomic E-state index is 0.0102. The van der Waals surface area contributed by atoms with E-state index < -0.39 is 20.0 Å². The van der Waals surface area contributed by atoms with E-state index in [9.17, 15) is 19.4 Å². The Kier molecular flexibility index (Phi) is 60.9. The summed E-state index contributed by atoms with van der Waals surface area (Å²) in [6.07, 6.45) is 86.8. The van der Waals surface area contributed by atoms with Gasteiger partial charge in [-0.2, -0.15) is 0 Å². The molecule has 0 saturated heterocycles. The zero-order valence-corrected chi connectivity index (χ0v) is 55.1. The molecule has 0 aromatic rings. The summed E-state index contributed by atoms with van der Waals surface area (Å²) in [5.41, 5.74) is 0. The first-order valence-corrected chi connectivity index (χ1v) is 36.2. The maximum absolute atomic E-state index is 13.1. The standard InChI is InChI=1S/C72H135N2O6P/c1-6-8-10-12-14-16-18-20-22-24-26-28-30-32-34-36-37-38-40-42-44-46-48-50-52-54-56-58-60-62-64-66-72(76)73-70(69-80-81(77,78)79-68-67-74(3,4)5)71(75)65-63-61-59-57-55-53-51-49-47-45-43-41-39-35-33-31-29-27-25-23-21-19-17-15-13-11-9-7-2/h8,10,14,16,20,22,26,28,32,34,37-38,70-71,75H,6-7,9,11-13,15,17-19,21,23-25,27,29-31,33,35-36,39-69H2,1-5H3,(H-,73,76,77,78)/b10-8-,16-14-,22-20-,28-26-,34-32-,38-37-. The number of hydrogen-bond acceptors (Lipinski definition) is 6. The van der Waals surface area contributed by atoms with Crippen molar-refractivity contribution in [1.29, 1.82) is 0 Å². The molecule has 0 radical (unpaired) electrons. The second-order valence-electron chi connectivity index (χ2n) is 24.9. The number of allylic oxidation sites excluding steroid dienone is 12. The average molecular weight is 1160 g/mol. The Morgan fingerprint density at radius 1 is 0.444 bits per heavy atom. The van der Waals surface area contributed by atoms with E-state index in [4.69, 9.17) is 9.05 Å². The van der Waals surface area contributed by atoms with E-state index in [0.29, 0.717) is 23.9 Å². The Labute approximate surface area is 504 Å². The number of aliphatic hydroxyl groups excluding tert-OH is 1. The molecule has 0 aliphatic rings. The van der Waals surface area contributed by atoms with Crippen LogP contribution in [0.2, 0.25) is 0 Å². The molecule has 0 bridgehead atoms. The number of hydrogen-bond donors (Lipinski definition) is 2. The summed E-state index contributed by atoms with van der Waals surface area (Å²) in [5.74, 6) is -0.165. The van der Waals surface area contributed by atoms with Gasteiger partial charge in [-0.05, 0) is 64.2 Å². The first kappa shape index (κ1) is 78.9. The van der Waals surface area contributed by atoms with Crippen LogP contribution in [0.4, 0.5) is 0 Å². The smallest absolute Gasteiger partial charge is 0.268 e. The van der Waals surface area contributed by atoms with Gasteiger partial charge in [0.15, 0.2) is 0 Å². The van der Waals surface area contributed by atoms with Crippen LogP contribution in [0.3, 0.4) is 0 Å². The van der Waals surface area contributed by atoms with Gasteiger partial charge in [-0.3, -0.25) is 9.36 Å². The van der Waals surface area contributed by atoms with Crippen molar-refractivity contribution in [3.8, 4) is 0 Å². The molecule has 9 heteroatoms. The lowest BCUT2D eigenvalue weighted by molar-refractivity contribution is -0.870. The molecule has 8 nitrogen and oxygen atoms in total. The van der Waals surface area contributed by atoms with Crippen LogP contribution < -0.4 is 10.2 Å². The van der Waals surface area contributed by atoms with Crippen molar-refractivity contribution >= 4 is 13.7 Å². The van der Waals surface area contributed by atoms with E-state index >= 15 is 0 Å². The Morgan fingerprint density at radius 2 is 0.753 bits per heavy atom. The third-order valence-electron chi connectivity index (χ3n) is 15.7. The lowest BCUT2D eigenvalue weighted by Gasteiger charge is -2.30. The molecule has 0 aliphatic heterocycles. The van der Waals surface area contributed by atoms with E-state index in [2.05, 4.69) is 92.1 Å². The van der Waals surface area contributed by atoms with Crippen LogP contribution >= 0.6 is 7.82 Å². The normalized spacial score (nSPS) is 14.1. The Hall–Kier alpha value is -2.06. The molecule has 0 saturated carbocycles. The SMILES string of the molecule is CC/C=C\C/C=C\C/C=C\C/C=C\C/C=C\C/C=C\CCCCCCCCCCCCCCC(=O)NC(COP(=O)([O-])OCC[N+](C)(C)C)C(O)CCCCCCCCCCCCCCCCCCCCCCCCCCCCCC. The largest absolute Gasteiger partial charge is 0.756 e. The van der Waals surface area contributed by atoms with Crippen LogP contribution in [0.5, 0.6) is 0 Å². The summed E-state index contributed by atoms with van der Waals surface area (Å²) in [6, 6.07) is -0.807. The van der Waals surface area contributed by atoms with Gasteiger partial charge in [0.2, 0.25) is 5.91 Å². The molecule has 0 heterocycles. The summed E-state index contributed by atoms with van der Waals surface area (Å²) < 4.78 is 23.5. The number of nitrogens with zero attached hydrogens (tertiary/aromatic N) is 1. The molecule has 3 unspecified atom stereocenters. The van der Waals surface area contributed by atoms with E-state index in [0.717, 1.165) is 77.0 Å². The molecule has 0 fully saturated rings. The van der Waals surface area contributed by atoms with Crippen LogP contribution in [0.15, 0.2) is 72.9 Å². The molecule has 474 valence electrons. The van der Waals surface area contributed by atoms with Crippen molar-refractivity contribution in [3.05, 3.63) is 72.9 Å².